The Morgan fingerprint density at radius 2 is 1.80 bits per heavy atom. The van der Waals surface area contributed by atoms with Crippen LogP contribution in [0.1, 0.15) is 5.56 Å². The molecule has 0 unspecified atom stereocenters. The van der Waals surface area contributed by atoms with Gasteiger partial charge in [-0.2, -0.15) is 0 Å². The van der Waals surface area contributed by atoms with Crippen LogP contribution in [0.5, 0.6) is 0 Å². The molecule has 0 heterocycles. The zero-order valence-corrected chi connectivity index (χ0v) is 13.0. The fraction of sp³-hybridized carbons (Fsp3) is 0. The van der Waals surface area contributed by atoms with E-state index in [0.717, 1.165) is 12.1 Å². The van der Waals surface area contributed by atoms with E-state index in [9.17, 15) is 8.78 Å². The summed E-state index contributed by atoms with van der Waals surface area (Å²) in [5, 5.41) is 3.09. The van der Waals surface area contributed by atoms with E-state index in [-0.39, 0.29) is 16.2 Å². The van der Waals surface area contributed by atoms with Gasteiger partial charge in [0.05, 0.1) is 5.69 Å². The summed E-state index contributed by atoms with van der Waals surface area (Å²) in [7, 11) is 0. The third-order valence-electron chi connectivity index (χ3n) is 2.51. The molecule has 0 fully saturated rings. The Kier molecular flexibility index (Phi) is 4.57. The van der Waals surface area contributed by atoms with Gasteiger partial charge in [0.2, 0.25) is 0 Å². The van der Waals surface area contributed by atoms with E-state index in [2.05, 4.69) is 21.2 Å². The summed E-state index contributed by atoms with van der Waals surface area (Å²) < 4.78 is 28.5. The summed E-state index contributed by atoms with van der Waals surface area (Å²) in [5.74, 6) is -1.58. The van der Waals surface area contributed by atoms with Gasteiger partial charge in [0.15, 0.2) is 0 Å². The number of nitrogens with one attached hydrogen (secondary N) is 1. The van der Waals surface area contributed by atoms with E-state index in [4.69, 9.17) is 29.6 Å². The van der Waals surface area contributed by atoms with Crippen molar-refractivity contribution in [2.75, 3.05) is 5.32 Å². The molecule has 0 aliphatic rings. The number of nitrogens with two attached hydrogens (primary N) is 1. The first-order valence-electron chi connectivity index (χ1n) is 5.39. The molecule has 2 rings (SSSR count). The predicted octanol–water partition coefficient (Wildman–Crippen LogP) is 4.76. The lowest BCUT2D eigenvalue weighted by Gasteiger charge is -2.12. The standard InChI is InChI=1S/C13H8BrClF2N2S/c14-8-2-1-7(15)5-11(8)19-12-9(16)3-6(13(18)20)4-10(12)17/h1-5,19H,(H2,18,20). The third kappa shape index (κ3) is 3.26. The summed E-state index contributed by atoms with van der Waals surface area (Å²) in [4.78, 5) is -0.0710. The van der Waals surface area contributed by atoms with Gasteiger partial charge < -0.3 is 11.1 Å². The fourth-order valence-corrected chi connectivity index (χ4v) is 2.20. The van der Waals surface area contributed by atoms with E-state index in [0.29, 0.717) is 15.2 Å². The number of rotatable bonds is 3. The van der Waals surface area contributed by atoms with Gasteiger partial charge in [-0.25, -0.2) is 8.78 Å². The number of hydrogen-bond acceptors (Lipinski definition) is 2. The first kappa shape index (κ1) is 15.2. The number of hydrogen-bond donors (Lipinski definition) is 2. The minimum Gasteiger partial charge on any atom is -0.389 e. The topological polar surface area (TPSA) is 38.0 Å². The molecule has 0 aliphatic carbocycles. The predicted molar refractivity (Wildman–Crippen MR) is 84.7 cm³/mol. The molecular weight excluding hydrogens is 370 g/mol. The van der Waals surface area contributed by atoms with Crippen LogP contribution in [-0.4, -0.2) is 4.99 Å². The van der Waals surface area contributed by atoms with Crippen molar-refractivity contribution in [2.24, 2.45) is 5.73 Å². The van der Waals surface area contributed by atoms with Crippen molar-refractivity contribution >= 4 is 56.1 Å². The Morgan fingerprint density at radius 3 is 2.35 bits per heavy atom. The molecule has 0 bridgehead atoms. The van der Waals surface area contributed by atoms with Crippen LogP contribution >= 0.6 is 39.7 Å². The largest absolute Gasteiger partial charge is 0.389 e. The molecule has 0 aliphatic heterocycles. The number of thiocarbonyl (C=S) groups is 1. The lowest BCUT2D eigenvalue weighted by molar-refractivity contribution is 0.590. The highest BCUT2D eigenvalue weighted by Gasteiger charge is 2.14. The van der Waals surface area contributed by atoms with Crippen molar-refractivity contribution in [1.82, 2.24) is 0 Å². The summed E-state index contributed by atoms with van der Waals surface area (Å²) in [6.45, 7) is 0. The monoisotopic (exact) mass is 376 g/mol. The van der Waals surface area contributed by atoms with Gasteiger partial charge in [-0.15, -0.1) is 0 Å². The van der Waals surface area contributed by atoms with Crippen LogP contribution in [0.3, 0.4) is 0 Å². The summed E-state index contributed by atoms with van der Waals surface area (Å²) >= 11 is 13.8. The first-order chi connectivity index (χ1) is 9.38. The molecule has 0 atom stereocenters. The van der Waals surface area contributed by atoms with Gasteiger partial charge in [-0.3, -0.25) is 0 Å². The van der Waals surface area contributed by atoms with E-state index < -0.39 is 11.6 Å². The summed E-state index contributed by atoms with van der Waals surface area (Å²) in [6, 6.07) is 7.02. The maximum Gasteiger partial charge on any atom is 0.150 e. The molecule has 0 aromatic heterocycles. The van der Waals surface area contributed by atoms with Gasteiger partial charge in [0.1, 0.15) is 22.3 Å². The van der Waals surface area contributed by atoms with Crippen LogP contribution in [0.4, 0.5) is 20.2 Å². The Labute approximate surface area is 133 Å². The second-order valence-electron chi connectivity index (χ2n) is 3.93. The quantitative estimate of drug-likeness (QED) is 0.758. The second kappa shape index (κ2) is 6.03. The smallest absolute Gasteiger partial charge is 0.150 e. The molecule has 2 aromatic carbocycles. The third-order valence-corrected chi connectivity index (χ3v) is 3.68. The Bertz CT molecular complexity index is 671. The lowest BCUT2D eigenvalue weighted by Crippen LogP contribution is -2.11. The molecular formula is C13H8BrClF2N2S. The van der Waals surface area contributed by atoms with Crippen LogP contribution in [0.15, 0.2) is 34.8 Å². The van der Waals surface area contributed by atoms with Crippen molar-refractivity contribution in [2.45, 2.75) is 0 Å². The molecule has 0 saturated heterocycles. The van der Waals surface area contributed by atoms with Gasteiger partial charge in [0, 0.05) is 15.1 Å². The maximum atomic E-state index is 13.9. The van der Waals surface area contributed by atoms with Gasteiger partial charge in [-0.1, -0.05) is 23.8 Å². The van der Waals surface area contributed by atoms with Crippen LogP contribution in [0.25, 0.3) is 0 Å². The molecule has 0 radical (unpaired) electrons. The minimum atomic E-state index is -0.792. The Balaban J connectivity index is 2.44. The van der Waals surface area contributed by atoms with Crippen molar-refractivity contribution in [3.63, 3.8) is 0 Å². The van der Waals surface area contributed by atoms with Crippen LogP contribution in [-0.2, 0) is 0 Å². The Morgan fingerprint density at radius 1 is 1.20 bits per heavy atom. The molecule has 20 heavy (non-hydrogen) atoms. The van der Waals surface area contributed by atoms with Crippen molar-refractivity contribution < 1.29 is 8.78 Å². The molecule has 0 saturated carbocycles. The van der Waals surface area contributed by atoms with Crippen molar-refractivity contribution in [3.05, 3.63) is 57.0 Å². The zero-order valence-electron chi connectivity index (χ0n) is 9.88. The average molecular weight is 378 g/mol. The molecule has 0 spiro atoms. The van der Waals surface area contributed by atoms with E-state index in [1.807, 2.05) is 0 Å². The highest BCUT2D eigenvalue weighted by molar-refractivity contribution is 9.10. The lowest BCUT2D eigenvalue weighted by atomic mass is 10.1. The molecule has 3 N–H and O–H groups in total. The van der Waals surface area contributed by atoms with E-state index >= 15 is 0 Å². The molecule has 0 amide bonds. The number of anilines is 2. The minimum absolute atomic E-state index is 0.0710. The van der Waals surface area contributed by atoms with Gasteiger partial charge in [0.25, 0.3) is 0 Å². The highest BCUT2D eigenvalue weighted by Crippen LogP contribution is 2.31. The van der Waals surface area contributed by atoms with E-state index in [1.54, 1.807) is 18.2 Å². The van der Waals surface area contributed by atoms with E-state index in [1.165, 1.54) is 0 Å². The molecule has 104 valence electrons. The Hall–Kier alpha value is -1.24. The zero-order chi connectivity index (χ0) is 14.9. The number of halogens is 4. The van der Waals surface area contributed by atoms with Crippen LogP contribution < -0.4 is 11.1 Å². The van der Waals surface area contributed by atoms with Gasteiger partial charge >= 0.3 is 0 Å². The molecule has 2 aromatic rings. The normalized spacial score (nSPS) is 10.4. The van der Waals surface area contributed by atoms with Crippen molar-refractivity contribution in [1.29, 1.82) is 0 Å². The fourth-order valence-electron chi connectivity index (χ4n) is 1.56. The molecule has 2 nitrogen and oxygen atoms in total. The van der Waals surface area contributed by atoms with Crippen LogP contribution in [0.2, 0.25) is 5.02 Å². The highest BCUT2D eigenvalue weighted by atomic mass is 79.9. The molecule has 7 heteroatoms. The summed E-state index contributed by atoms with van der Waals surface area (Å²) in [6.07, 6.45) is 0. The van der Waals surface area contributed by atoms with Gasteiger partial charge in [-0.05, 0) is 46.3 Å². The summed E-state index contributed by atoms with van der Waals surface area (Å²) in [5.41, 5.74) is 5.63. The van der Waals surface area contributed by atoms with Crippen LogP contribution in [0, 0.1) is 11.6 Å². The average Bonchev–Trinajstić information content (AvgIpc) is 2.37. The number of benzene rings is 2. The SMILES string of the molecule is NC(=S)c1cc(F)c(Nc2cc(Cl)ccc2Br)c(F)c1. The maximum absolute atomic E-state index is 13.9. The van der Waals surface area contributed by atoms with Crippen molar-refractivity contribution in [3.8, 4) is 0 Å². The second-order valence-corrected chi connectivity index (χ2v) is 5.66. The first-order valence-corrected chi connectivity index (χ1v) is 6.97.